The minimum absolute atomic E-state index is 0.0448. The van der Waals surface area contributed by atoms with Gasteiger partial charge in [0.05, 0.1) is 12.5 Å². The van der Waals surface area contributed by atoms with Gasteiger partial charge < -0.3 is 4.74 Å². The second kappa shape index (κ2) is 8.13. The van der Waals surface area contributed by atoms with Crippen molar-refractivity contribution >= 4 is 28.5 Å². The van der Waals surface area contributed by atoms with Crippen LogP contribution < -0.4 is 0 Å². The van der Waals surface area contributed by atoms with Crippen molar-refractivity contribution in [1.82, 2.24) is 0 Å². The second-order valence-electron chi connectivity index (χ2n) is 6.29. The van der Waals surface area contributed by atoms with Gasteiger partial charge in [0, 0.05) is 27.7 Å². The maximum Gasteiger partial charge on any atom is 0.166 e. The second-order valence-corrected chi connectivity index (χ2v) is 8.30. The van der Waals surface area contributed by atoms with E-state index in [9.17, 15) is 4.79 Å². The maximum absolute atomic E-state index is 12.8. The lowest BCUT2D eigenvalue weighted by Crippen LogP contribution is -2.31. The van der Waals surface area contributed by atoms with Crippen LogP contribution in [-0.2, 0) is 16.0 Å². The summed E-state index contributed by atoms with van der Waals surface area (Å²) in [4.78, 5) is 15.4. The maximum atomic E-state index is 12.8. The smallest absolute Gasteiger partial charge is 0.166 e. The SMILES string of the molecule is CCC(Cc1cccs1)C1=CC(=O)C(C(CC)c2cccs2)CO1. The minimum Gasteiger partial charge on any atom is -0.497 e. The molecule has 24 heavy (non-hydrogen) atoms. The van der Waals surface area contributed by atoms with Gasteiger partial charge in [0.1, 0.15) is 5.76 Å². The van der Waals surface area contributed by atoms with Crippen LogP contribution in [0.5, 0.6) is 0 Å². The number of allylic oxidation sites excluding steroid dienone is 2. The molecule has 3 heterocycles. The van der Waals surface area contributed by atoms with E-state index in [1.54, 1.807) is 28.7 Å². The van der Waals surface area contributed by atoms with Gasteiger partial charge in [-0.25, -0.2) is 0 Å². The zero-order valence-electron chi connectivity index (χ0n) is 14.2. The van der Waals surface area contributed by atoms with Crippen LogP contribution in [0.15, 0.2) is 46.9 Å². The van der Waals surface area contributed by atoms with Crippen molar-refractivity contribution in [3.63, 3.8) is 0 Å². The Bertz CT molecular complexity index is 671. The fraction of sp³-hybridized carbons (Fsp3) is 0.450. The third-order valence-corrected chi connectivity index (χ3v) is 6.74. The van der Waals surface area contributed by atoms with Crippen molar-refractivity contribution in [2.75, 3.05) is 6.61 Å². The number of hydrogen-bond donors (Lipinski definition) is 0. The summed E-state index contributed by atoms with van der Waals surface area (Å²) in [7, 11) is 0. The van der Waals surface area contributed by atoms with Gasteiger partial charge in [-0.1, -0.05) is 26.0 Å². The lowest BCUT2D eigenvalue weighted by Gasteiger charge is -2.30. The Morgan fingerprint density at radius 1 is 1.17 bits per heavy atom. The largest absolute Gasteiger partial charge is 0.497 e. The minimum atomic E-state index is -0.0448. The Morgan fingerprint density at radius 2 is 1.96 bits per heavy atom. The summed E-state index contributed by atoms with van der Waals surface area (Å²) in [6.07, 6.45) is 4.70. The Balaban J connectivity index is 1.73. The van der Waals surface area contributed by atoms with Gasteiger partial charge in [0.25, 0.3) is 0 Å². The number of carbonyl (C=O) groups is 1. The number of rotatable bonds is 7. The summed E-state index contributed by atoms with van der Waals surface area (Å²) < 4.78 is 6.09. The van der Waals surface area contributed by atoms with Gasteiger partial charge in [0.2, 0.25) is 0 Å². The molecule has 0 spiro atoms. The highest BCUT2D eigenvalue weighted by Gasteiger charge is 2.33. The van der Waals surface area contributed by atoms with Crippen LogP contribution in [0.3, 0.4) is 0 Å². The summed E-state index contributed by atoms with van der Waals surface area (Å²) in [5.74, 6) is 1.65. The van der Waals surface area contributed by atoms with E-state index < -0.39 is 0 Å². The van der Waals surface area contributed by atoms with E-state index in [1.807, 2.05) is 0 Å². The number of carbonyl (C=O) groups excluding carboxylic acids is 1. The molecule has 0 N–H and O–H groups in total. The highest BCUT2D eigenvalue weighted by molar-refractivity contribution is 7.10. The monoisotopic (exact) mass is 360 g/mol. The number of thiophene rings is 2. The Kier molecular flexibility index (Phi) is 5.90. The molecule has 1 aliphatic heterocycles. The highest BCUT2D eigenvalue weighted by Crippen LogP contribution is 2.36. The summed E-state index contributed by atoms with van der Waals surface area (Å²) in [5.41, 5.74) is 0. The molecule has 0 fully saturated rings. The van der Waals surface area contributed by atoms with Gasteiger partial charge in [-0.3, -0.25) is 4.79 Å². The zero-order valence-corrected chi connectivity index (χ0v) is 15.9. The molecule has 0 aromatic carbocycles. The fourth-order valence-corrected chi connectivity index (χ4v) is 5.17. The highest BCUT2D eigenvalue weighted by atomic mass is 32.1. The lowest BCUT2D eigenvalue weighted by atomic mass is 9.83. The average molecular weight is 361 g/mol. The molecule has 2 aromatic heterocycles. The van der Waals surface area contributed by atoms with Crippen molar-refractivity contribution in [2.24, 2.45) is 11.8 Å². The first-order chi connectivity index (χ1) is 11.7. The van der Waals surface area contributed by atoms with E-state index in [0.29, 0.717) is 12.5 Å². The van der Waals surface area contributed by atoms with Crippen LogP contribution >= 0.6 is 22.7 Å². The molecule has 2 aromatic rings. The van der Waals surface area contributed by atoms with Crippen LogP contribution in [0.25, 0.3) is 0 Å². The average Bonchev–Trinajstić information content (AvgIpc) is 3.28. The van der Waals surface area contributed by atoms with E-state index >= 15 is 0 Å². The standard InChI is InChI=1S/C20H24O2S2/c1-3-14(11-15-7-5-9-23-15)19-12-18(21)17(13-22-19)16(4-2)20-8-6-10-24-20/h5-10,12,14,16-17H,3-4,11,13H2,1-2H3. The normalized spacial score (nSPS) is 20.3. The molecule has 0 radical (unpaired) electrons. The molecule has 0 bridgehead atoms. The Labute approximate surface area is 152 Å². The number of hydrogen-bond acceptors (Lipinski definition) is 4. The van der Waals surface area contributed by atoms with Gasteiger partial charge >= 0.3 is 0 Å². The van der Waals surface area contributed by atoms with Crippen LogP contribution in [0.2, 0.25) is 0 Å². The van der Waals surface area contributed by atoms with Gasteiger partial charge in [0.15, 0.2) is 5.78 Å². The van der Waals surface area contributed by atoms with E-state index in [1.165, 1.54) is 9.75 Å². The van der Waals surface area contributed by atoms with Crippen LogP contribution in [0.4, 0.5) is 0 Å². The Hall–Kier alpha value is -1.39. The van der Waals surface area contributed by atoms with E-state index in [2.05, 4.69) is 48.9 Å². The molecule has 0 aliphatic carbocycles. The molecule has 0 saturated heterocycles. The molecule has 3 rings (SSSR count). The molecule has 128 valence electrons. The third kappa shape index (κ3) is 3.81. The molecule has 3 atom stereocenters. The van der Waals surface area contributed by atoms with Crippen molar-refractivity contribution in [1.29, 1.82) is 0 Å². The fourth-order valence-electron chi connectivity index (χ4n) is 3.41. The predicted octanol–water partition coefficient (Wildman–Crippen LogP) is 5.67. The van der Waals surface area contributed by atoms with E-state index in [-0.39, 0.29) is 17.6 Å². The quantitative estimate of drug-likeness (QED) is 0.636. The lowest BCUT2D eigenvalue weighted by molar-refractivity contribution is -0.122. The zero-order chi connectivity index (χ0) is 16.9. The molecule has 4 heteroatoms. The summed E-state index contributed by atoms with van der Waals surface area (Å²) >= 11 is 3.51. The van der Waals surface area contributed by atoms with Gasteiger partial charge in [-0.2, -0.15) is 0 Å². The van der Waals surface area contributed by atoms with Crippen molar-refractivity contribution in [3.05, 3.63) is 56.6 Å². The summed E-state index contributed by atoms with van der Waals surface area (Å²) in [5, 5.41) is 4.19. The molecule has 2 nitrogen and oxygen atoms in total. The first kappa shape index (κ1) is 17.4. The van der Waals surface area contributed by atoms with Gasteiger partial charge in [-0.05, 0) is 42.2 Å². The first-order valence-corrected chi connectivity index (χ1v) is 10.4. The molecule has 0 amide bonds. The van der Waals surface area contributed by atoms with Crippen LogP contribution in [0, 0.1) is 11.8 Å². The van der Waals surface area contributed by atoms with E-state index in [4.69, 9.17) is 4.74 Å². The molecule has 3 unspecified atom stereocenters. The van der Waals surface area contributed by atoms with E-state index in [0.717, 1.165) is 25.0 Å². The molecule has 0 saturated carbocycles. The third-order valence-electron chi connectivity index (χ3n) is 4.84. The van der Waals surface area contributed by atoms with Crippen molar-refractivity contribution in [2.45, 2.75) is 39.0 Å². The van der Waals surface area contributed by atoms with Gasteiger partial charge in [-0.15, -0.1) is 22.7 Å². The number of ketones is 1. The molecule has 1 aliphatic rings. The molecular formula is C20H24O2S2. The predicted molar refractivity (Wildman–Crippen MR) is 102 cm³/mol. The summed E-state index contributed by atoms with van der Waals surface area (Å²) in [6, 6.07) is 8.44. The van der Waals surface area contributed by atoms with Crippen LogP contribution in [-0.4, -0.2) is 12.4 Å². The molecular weight excluding hydrogens is 336 g/mol. The Morgan fingerprint density at radius 3 is 2.54 bits per heavy atom. The van der Waals surface area contributed by atoms with Crippen molar-refractivity contribution in [3.8, 4) is 0 Å². The summed E-state index contributed by atoms with van der Waals surface area (Å²) in [6.45, 7) is 4.84. The number of ether oxygens (including phenoxy) is 1. The topological polar surface area (TPSA) is 26.3 Å². The van der Waals surface area contributed by atoms with Crippen LogP contribution in [0.1, 0.15) is 42.4 Å². The van der Waals surface area contributed by atoms with Crippen molar-refractivity contribution < 1.29 is 9.53 Å². The first-order valence-electron chi connectivity index (χ1n) is 8.66.